The zero-order valence-electron chi connectivity index (χ0n) is 14.4. The summed E-state index contributed by atoms with van der Waals surface area (Å²) < 4.78 is 39.7. The summed E-state index contributed by atoms with van der Waals surface area (Å²) in [5.41, 5.74) is -1.55. The SMILES string of the molecule is O=C(NCC1(CO)CCC1)c1ccc(=O)n(-c2cccc(C(F)(F)F)c2)c1. The standard InChI is InChI=1S/C19H19F3N2O3/c20-19(21,22)14-3-1-4-15(9-14)24-10-13(5-6-16(24)26)17(27)23-11-18(12-25)7-2-8-18/h1,3-6,9-10,25H,2,7-8,11-12H2,(H,23,27). The molecule has 0 bridgehead atoms. The molecule has 1 heterocycles. The Morgan fingerprint density at radius 1 is 1.22 bits per heavy atom. The molecule has 0 saturated heterocycles. The Labute approximate surface area is 153 Å². The molecule has 0 radical (unpaired) electrons. The molecule has 144 valence electrons. The lowest BCUT2D eigenvalue weighted by atomic mass is 9.69. The second-order valence-corrected chi connectivity index (χ2v) is 6.87. The molecule has 0 unspecified atom stereocenters. The first kappa shape index (κ1) is 19.2. The molecule has 1 fully saturated rings. The molecule has 0 atom stereocenters. The Morgan fingerprint density at radius 2 is 1.96 bits per heavy atom. The molecule has 27 heavy (non-hydrogen) atoms. The highest BCUT2D eigenvalue weighted by Crippen LogP contribution is 2.39. The van der Waals surface area contributed by atoms with E-state index in [1.807, 2.05) is 0 Å². The number of hydrogen-bond acceptors (Lipinski definition) is 3. The van der Waals surface area contributed by atoms with E-state index in [0.29, 0.717) is 6.54 Å². The topological polar surface area (TPSA) is 71.3 Å². The Morgan fingerprint density at radius 3 is 2.56 bits per heavy atom. The lowest BCUT2D eigenvalue weighted by Crippen LogP contribution is -2.44. The summed E-state index contributed by atoms with van der Waals surface area (Å²) in [6.45, 7) is 0.294. The first-order chi connectivity index (χ1) is 12.7. The predicted molar refractivity (Wildman–Crippen MR) is 92.7 cm³/mol. The molecule has 1 saturated carbocycles. The van der Waals surface area contributed by atoms with E-state index in [-0.39, 0.29) is 23.3 Å². The van der Waals surface area contributed by atoms with Gasteiger partial charge < -0.3 is 10.4 Å². The molecule has 1 aromatic heterocycles. The van der Waals surface area contributed by atoms with Gasteiger partial charge in [0.2, 0.25) is 0 Å². The first-order valence-corrected chi connectivity index (χ1v) is 8.54. The molecule has 1 aliphatic carbocycles. The number of benzene rings is 1. The molecule has 5 nitrogen and oxygen atoms in total. The van der Waals surface area contributed by atoms with E-state index in [9.17, 15) is 27.9 Å². The van der Waals surface area contributed by atoms with Crippen LogP contribution in [0.3, 0.4) is 0 Å². The van der Waals surface area contributed by atoms with E-state index >= 15 is 0 Å². The van der Waals surface area contributed by atoms with Crippen LogP contribution in [0.1, 0.15) is 35.2 Å². The van der Waals surface area contributed by atoms with Crippen molar-refractivity contribution in [2.45, 2.75) is 25.4 Å². The number of aliphatic hydroxyl groups is 1. The minimum Gasteiger partial charge on any atom is -0.396 e. The maximum atomic E-state index is 12.9. The fourth-order valence-electron chi connectivity index (χ4n) is 3.09. The Bertz CT molecular complexity index is 896. The van der Waals surface area contributed by atoms with Crippen molar-refractivity contribution in [2.24, 2.45) is 5.41 Å². The third kappa shape index (κ3) is 4.05. The fourth-order valence-corrected chi connectivity index (χ4v) is 3.09. The van der Waals surface area contributed by atoms with Crippen LogP contribution < -0.4 is 10.9 Å². The Balaban J connectivity index is 1.84. The second kappa shape index (κ2) is 7.19. The number of nitrogens with one attached hydrogen (secondary N) is 1. The predicted octanol–water partition coefficient (Wildman–Crippen LogP) is 2.75. The monoisotopic (exact) mass is 380 g/mol. The van der Waals surface area contributed by atoms with E-state index in [0.717, 1.165) is 42.0 Å². The summed E-state index contributed by atoms with van der Waals surface area (Å²) in [5, 5.41) is 12.2. The number of halogens is 3. The van der Waals surface area contributed by atoms with Crippen molar-refractivity contribution >= 4 is 5.91 Å². The van der Waals surface area contributed by atoms with Crippen molar-refractivity contribution < 1.29 is 23.1 Å². The van der Waals surface area contributed by atoms with Crippen LogP contribution in [0.15, 0.2) is 47.4 Å². The number of hydrogen-bond donors (Lipinski definition) is 2. The maximum absolute atomic E-state index is 12.9. The van der Waals surface area contributed by atoms with Gasteiger partial charge in [-0.1, -0.05) is 12.5 Å². The van der Waals surface area contributed by atoms with E-state index in [4.69, 9.17) is 0 Å². The van der Waals surface area contributed by atoms with Gasteiger partial charge in [-0.3, -0.25) is 14.2 Å². The summed E-state index contributed by atoms with van der Waals surface area (Å²) in [6.07, 6.45) is -0.659. The molecule has 2 aromatic rings. The van der Waals surface area contributed by atoms with Gasteiger partial charge in [0.05, 0.1) is 17.7 Å². The number of pyridine rings is 1. The second-order valence-electron chi connectivity index (χ2n) is 6.87. The molecule has 0 aliphatic heterocycles. The molecular formula is C19H19F3N2O3. The van der Waals surface area contributed by atoms with Crippen LogP contribution in [0, 0.1) is 5.41 Å². The molecule has 0 spiro atoms. The van der Waals surface area contributed by atoms with Gasteiger partial charge >= 0.3 is 6.18 Å². The Hall–Kier alpha value is -2.61. The largest absolute Gasteiger partial charge is 0.416 e. The van der Waals surface area contributed by atoms with Crippen molar-refractivity contribution in [2.75, 3.05) is 13.2 Å². The molecule has 1 aromatic carbocycles. The smallest absolute Gasteiger partial charge is 0.396 e. The first-order valence-electron chi connectivity index (χ1n) is 8.54. The van der Waals surface area contributed by atoms with Gasteiger partial charge in [0.1, 0.15) is 0 Å². The zero-order chi connectivity index (χ0) is 19.7. The number of carbonyl (C=O) groups is 1. The zero-order valence-corrected chi connectivity index (χ0v) is 14.4. The molecule has 3 rings (SSSR count). The van der Waals surface area contributed by atoms with Crippen LogP contribution in [0.2, 0.25) is 0 Å². The van der Waals surface area contributed by atoms with Crippen LogP contribution in [-0.4, -0.2) is 28.7 Å². The van der Waals surface area contributed by atoms with Gasteiger partial charge in [0.25, 0.3) is 11.5 Å². The van der Waals surface area contributed by atoms with Crippen LogP contribution in [0.25, 0.3) is 5.69 Å². The van der Waals surface area contributed by atoms with Crippen LogP contribution in [0.4, 0.5) is 13.2 Å². The minimum absolute atomic E-state index is 0.0169. The van der Waals surface area contributed by atoms with E-state index < -0.39 is 23.2 Å². The number of amides is 1. The highest BCUT2D eigenvalue weighted by atomic mass is 19.4. The number of nitrogens with zero attached hydrogens (tertiary/aromatic N) is 1. The van der Waals surface area contributed by atoms with Gasteiger partial charge in [-0.25, -0.2) is 0 Å². The lowest BCUT2D eigenvalue weighted by molar-refractivity contribution is -0.137. The normalized spacial score (nSPS) is 15.9. The highest BCUT2D eigenvalue weighted by Gasteiger charge is 2.36. The molecular weight excluding hydrogens is 361 g/mol. The van der Waals surface area contributed by atoms with Crippen molar-refractivity contribution in [3.05, 3.63) is 64.1 Å². The number of aromatic nitrogens is 1. The van der Waals surface area contributed by atoms with Gasteiger partial charge in [0.15, 0.2) is 0 Å². The average molecular weight is 380 g/mol. The third-order valence-corrected chi connectivity index (χ3v) is 5.00. The van der Waals surface area contributed by atoms with Crippen LogP contribution in [0.5, 0.6) is 0 Å². The average Bonchev–Trinajstić information content (AvgIpc) is 2.61. The summed E-state index contributed by atoms with van der Waals surface area (Å²) in [5.74, 6) is -0.449. The molecule has 1 amide bonds. The number of rotatable bonds is 5. The fraction of sp³-hybridized carbons (Fsp3) is 0.368. The van der Waals surface area contributed by atoms with Gasteiger partial charge in [-0.2, -0.15) is 13.2 Å². The Kier molecular flexibility index (Phi) is 5.10. The molecule has 2 N–H and O–H groups in total. The number of carbonyl (C=O) groups excluding carboxylic acids is 1. The minimum atomic E-state index is -4.53. The van der Waals surface area contributed by atoms with Gasteiger partial charge in [-0.15, -0.1) is 0 Å². The molecule has 8 heteroatoms. The van der Waals surface area contributed by atoms with Crippen molar-refractivity contribution in [3.63, 3.8) is 0 Å². The quantitative estimate of drug-likeness (QED) is 0.838. The van der Waals surface area contributed by atoms with E-state index in [1.54, 1.807) is 0 Å². The summed E-state index contributed by atoms with van der Waals surface area (Å²) in [6, 6.07) is 6.82. The number of alkyl halides is 3. The van der Waals surface area contributed by atoms with Crippen molar-refractivity contribution in [1.82, 2.24) is 9.88 Å². The van der Waals surface area contributed by atoms with Crippen molar-refractivity contribution in [3.8, 4) is 5.69 Å². The number of aliphatic hydroxyl groups excluding tert-OH is 1. The van der Waals surface area contributed by atoms with Crippen LogP contribution in [-0.2, 0) is 6.18 Å². The van der Waals surface area contributed by atoms with Gasteiger partial charge in [-0.05, 0) is 37.1 Å². The summed E-state index contributed by atoms with van der Waals surface area (Å²) in [7, 11) is 0. The van der Waals surface area contributed by atoms with Crippen molar-refractivity contribution in [1.29, 1.82) is 0 Å². The van der Waals surface area contributed by atoms with E-state index in [2.05, 4.69) is 5.32 Å². The third-order valence-electron chi connectivity index (χ3n) is 5.00. The molecule has 1 aliphatic rings. The summed E-state index contributed by atoms with van der Waals surface area (Å²) >= 11 is 0. The van der Waals surface area contributed by atoms with Gasteiger partial charge in [0, 0.05) is 29.9 Å². The lowest BCUT2D eigenvalue weighted by Gasteiger charge is -2.40. The maximum Gasteiger partial charge on any atom is 0.416 e. The van der Waals surface area contributed by atoms with Crippen LogP contribution >= 0.6 is 0 Å². The summed E-state index contributed by atoms with van der Waals surface area (Å²) in [4.78, 5) is 24.5. The van der Waals surface area contributed by atoms with E-state index in [1.165, 1.54) is 24.4 Å². The highest BCUT2D eigenvalue weighted by molar-refractivity contribution is 5.93.